The molecule has 0 N–H and O–H groups in total. The molecule has 7 rings (SSSR count). The maximum atomic E-state index is 6.23. The third-order valence-corrected chi connectivity index (χ3v) is 7.54. The third-order valence-electron chi connectivity index (χ3n) is 6.52. The average Bonchev–Trinajstić information content (AvgIpc) is 3.47. The van der Waals surface area contributed by atoms with E-state index in [0.29, 0.717) is 19.8 Å². The highest BCUT2D eigenvalue weighted by molar-refractivity contribution is 7.18. The lowest BCUT2D eigenvalue weighted by molar-refractivity contribution is 0.171. The molecular weight excluding hydrogens is 408 g/mol. The molecule has 0 aliphatic carbocycles. The van der Waals surface area contributed by atoms with Gasteiger partial charge in [0.25, 0.3) is 0 Å². The molecule has 6 heteroatoms. The molecule has 3 aromatic carbocycles. The monoisotopic (exact) mass is 428 g/mol. The molecule has 154 valence electrons. The largest absolute Gasteiger partial charge is 0.492 e. The van der Waals surface area contributed by atoms with Gasteiger partial charge in [0.1, 0.15) is 30.6 Å². The van der Waals surface area contributed by atoms with Crippen molar-refractivity contribution in [2.75, 3.05) is 31.3 Å². The molecule has 0 saturated heterocycles. The number of anilines is 1. The van der Waals surface area contributed by atoms with Gasteiger partial charge in [-0.15, -0.1) is 11.3 Å². The molecule has 3 aliphatic heterocycles. The van der Waals surface area contributed by atoms with Crippen molar-refractivity contribution >= 4 is 27.2 Å². The highest BCUT2D eigenvalue weighted by atomic mass is 32.1. The molecule has 1 atom stereocenters. The van der Waals surface area contributed by atoms with E-state index in [1.165, 1.54) is 21.5 Å². The number of nitrogens with zero attached hydrogens (tertiary/aromatic N) is 2. The van der Waals surface area contributed by atoms with Gasteiger partial charge in [0.05, 0.1) is 22.2 Å². The van der Waals surface area contributed by atoms with Gasteiger partial charge in [-0.3, -0.25) is 0 Å². The number of ether oxygens (including phenoxy) is 3. The molecule has 4 aromatic rings. The minimum Gasteiger partial charge on any atom is -0.492 e. The van der Waals surface area contributed by atoms with Crippen LogP contribution in [-0.2, 0) is 12.0 Å². The van der Waals surface area contributed by atoms with E-state index >= 15 is 0 Å². The molecule has 0 fully saturated rings. The van der Waals surface area contributed by atoms with Crippen LogP contribution in [0.3, 0.4) is 0 Å². The number of aromatic nitrogens is 1. The minimum atomic E-state index is -0.210. The lowest BCUT2D eigenvalue weighted by Crippen LogP contribution is -2.36. The Kier molecular flexibility index (Phi) is 3.58. The van der Waals surface area contributed by atoms with E-state index in [1.54, 1.807) is 11.3 Å². The van der Waals surface area contributed by atoms with Crippen molar-refractivity contribution in [3.05, 3.63) is 76.8 Å². The van der Waals surface area contributed by atoms with Gasteiger partial charge in [0.2, 0.25) is 0 Å². The predicted octanol–water partition coefficient (Wildman–Crippen LogP) is 4.77. The lowest BCUT2D eigenvalue weighted by Gasteiger charge is -2.26. The van der Waals surface area contributed by atoms with E-state index in [4.69, 9.17) is 19.2 Å². The number of benzene rings is 3. The Morgan fingerprint density at radius 1 is 0.871 bits per heavy atom. The van der Waals surface area contributed by atoms with Gasteiger partial charge < -0.3 is 19.1 Å². The van der Waals surface area contributed by atoms with E-state index in [9.17, 15) is 0 Å². The van der Waals surface area contributed by atoms with Crippen LogP contribution in [0.1, 0.15) is 16.1 Å². The predicted molar refractivity (Wildman–Crippen MR) is 121 cm³/mol. The Hall–Kier alpha value is -3.25. The fourth-order valence-corrected chi connectivity index (χ4v) is 6.12. The number of rotatable bonds is 2. The summed E-state index contributed by atoms with van der Waals surface area (Å²) in [6.45, 7) is 3.43. The molecule has 0 amide bonds. The van der Waals surface area contributed by atoms with Crippen molar-refractivity contribution in [2.24, 2.45) is 0 Å². The first-order chi connectivity index (χ1) is 15.3. The van der Waals surface area contributed by atoms with Crippen LogP contribution in [-0.4, -0.2) is 31.3 Å². The van der Waals surface area contributed by atoms with Gasteiger partial charge in [-0.1, -0.05) is 30.3 Å². The van der Waals surface area contributed by atoms with Crippen LogP contribution >= 0.6 is 11.3 Å². The number of hydrogen-bond acceptors (Lipinski definition) is 6. The Bertz CT molecular complexity index is 1300. The van der Waals surface area contributed by atoms with Gasteiger partial charge >= 0.3 is 0 Å². The second-order valence-corrected chi connectivity index (χ2v) is 9.43. The number of para-hydroxylation sites is 2. The molecule has 1 spiro atoms. The van der Waals surface area contributed by atoms with Crippen LogP contribution in [0.5, 0.6) is 17.2 Å². The summed E-state index contributed by atoms with van der Waals surface area (Å²) in [7, 11) is 0. The summed E-state index contributed by atoms with van der Waals surface area (Å²) in [6.07, 6.45) is 0. The van der Waals surface area contributed by atoms with Crippen molar-refractivity contribution < 1.29 is 14.2 Å². The van der Waals surface area contributed by atoms with Crippen LogP contribution in [0.15, 0.2) is 60.7 Å². The van der Waals surface area contributed by atoms with Crippen LogP contribution in [0.2, 0.25) is 0 Å². The van der Waals surface area contributed by atoms with Crippen molar-refractivity contribution in [3.63, 3.8) is 0 Å². The highest BCUT2D eigenvalue weighted by Gasteiger charge is 2.50. The molecule has 31 heavy (non-hydrogen) atoms. The fourth-order valence-electron chi connectivity index (χ4n) is 5.14. The van der Waals surface area contributed by atoms with E-state index in [2.05, 4.69) is 53.4 Å². The molecule has 3 aliphatic rings. The second-order valence-electron chi connectivity index (χ2n) is 8.31. The average molecular weight is 429 g/mol. The number of fused-ring (bicyclic) bond motifs is 6. The van der Waals surface area contributed by atoms with Crippen LogP contribution < -0.4 is 19.1 Å². The van der Waals surface area contributed by atoms with E-state index in [1.807, 2.05) is 12.1 Å². The second kappa shape index (κ2) is 6.37. The lowest BCUT2D eigenvalue weighted by atomic mass is 9.77. The molecular formula is C25H20N2O3S. The number of hydrogen-bond donors (Lipinski definition) is 0. The molecule has 1 aromatic heterocycles. The molecule has 4 heterocycles. The smallest absolute Gasteiger partial charge is 0.165 e. The SMILES string of the molecule is c1ccc2c(c1)N(Cc1nc3ccccc3s1)CC21COc2cc3c(cc21)OCCO3. The van der Waals surface area contributed by atoms with Crippen LogP contribution in [0, 0.1) is 0 Å². The van der Waals surface area contributed by atoms with Crippen LogP contribution in [0.4, 0.5) is 5.69 Å². The first-order valence-corrected chi connectivity index (χ1v) is 11.4. The van der Waals surface area contributed by atoms with Gasteiger partial charge in [-0.05, 0) is 29.8 Å². The molecule has 0 radical (unpaired) electrons. The van der Waals surface area contributed by atoms with Crippen molar-refractivity contribution in [3.8, 4) is 17.2 Å². The summed E-state index contributed by atoms with van der Waals surface area (Å²) in [6, 6.07) is 21.2. The quantitative estimate of drug-likeness (QED) is 0.460. The van der Waals surface area contributed by atoms with E-state index < -0.39 is 0 Å². The highest BCUT2D eigenvalue weighted by Crippen LogP contribution is 2.54. The Morgan fingerprint density at radius 3 is 2.58 bits per heavy atom. The van der Waals surface area contributed by atoms with E-state index in [0.717, 1.165) is 40.9 Å². The Balaban J connectivity index is 1.31. The summed E-state index contributed by atoms with van der Waals surface area (Å²) in [5, 5.41) is 1.13. The summed E-state index contributed by atoms with van der Waals surface area (Å²) in [4.78, 5) is 7.32. The fraction of sp³-hybridized carbons (Fsp3) is 0.240. The Morgan fingerprint density at radius 2 is 1.68 bits per heavy atom. The summed E-state index contributed by atoms with van der Waals surface area (Å²) in [5.41, 5.74) is 4.62. The summed E-state index contributed by atoms with van der Waals surface area (Å²) >= 11 is 1.77. The maximum absolute atomic E-state index is 6.23. The first-order valence-electron chi connectivity index (χ1n) is 10.6. The van der Waals surface area contributed by atoms with Gasteiger partial charge in [-0.2, -0.15) is 0 Å². The molecule has 0 saturated carbocycles. The standard InChI is InChI=1S/C25H20N2O3S/c1-3-7-19-16(5-1)25(14-27(19)13-24-26-18-6-2-4-8-23(18)31-24)15-30-20-12-22-21(11-17(20)25)28-9-10-29-22/h1-8,11-12H,9-10,13-15H2. The van der Waals surface area contributed by atoms with Gasteiger partial charge in [0, 0.05) is 23.9 Å². The normalized spacial score (nSPS) is 20.7. The van der Waals surface area contributed by atoms with Gasteiger partial charge in [-0.25, -0.2) is 4.98 Å². The topological polar surface area (TPSA) is 43.8 Å². The zero-order valence-electron chi connectivity index (χ0n) is 16.8. The minimum absolute atomic E-state index is 0.210. The first kappa shape index (κ1) is 17.4. The van der Waals surface area contributed by atoms with Crippen LogP contribution in [0.25, 0.3) is 10.2 Å². The third kappa shape index (κ3) is 2.51. The molecule has 1 unspecified atom stereocenters. The Labute approximate surface area is 183 Å². The molecule has 5 nitrogen and oxygen atoms in total. The zero-order chi connectivity index (χ0) is 20.4. The van der Waals surface area contributed by atoms with Crippen molar-refractivity contribution in [1.82, 2.24) is 4.98 Å². The number of thiazole rings is 1. The van der Waals surface area contributed by atoms with E-state index in [-0.39, 0.29) is 5.41 Å². The maximum Gasteiger partial charge on any atom is 0.165 e. The summed E-state index contributed by atoms with van der Waals surface area (Å²) in [5.74, 6) is 2.50. The van der Waals surface area contributed by atoms with Gasteiger partial charge in [0.15, 0.2) is 11.5 Å². The van der Waals surface area contributed by atoms with Crippen molar-refractivity contribution in [2.45, 2.75) is 12.0 Å². The van der Waals surface area contributed by atoms with Crippen molar-refractivity contribution in [1.29, 1.82) is 0 Å². The molecule has 0 bridgehead atoms. The zero-order valence-corrected chi connectivity index (χ0v) is 17.7. The summed E-state index contributed by atoms with van der Waals surface area (Å²) < 4.78 is 19.1.